The molecule has 0 heterocycles. The molecule has 0 aliphatic heterocycles. The average Bonchev–Trinajstić information content (AvgIpc) is 2.48. The highest BCUT2D eigenvalue weighted by Gasteiger charge is 2.16. The molecule has 2 aromatic carbocycles. The zero-order valence-electron chi connectivity index (χ0n) is 11.8. The fraction of sp³-hybridized carbons (Fsp3) is 0.188. The molecule has 0 saturated carbocycles. The van der Waals surface area contributed by atoms with Gasteiger partial charge in [-0.05, 0) is 37.3 Å². The number of nitrogens with two attached hydrogens (primary N) is 1. The third kappa shape index (κ3) is 3.12. The number of benzene rings is 2. The second-order valence-corrected chi connectivity index (χ2v) is 4.52. The first-order valence-corrected chi connectivity index (χ1v) is 6.36. The van der Waals surface area contributed by atoms with Gasteiger partial charge in [0.2, 0.25) is 0 Å². The third-order valence-corrected chi connectivity index (χ3v) is 2.98. The van der Waals surface area contributed by atoms with E-state index in [4.69, 9.17) is 20.5 Å². The van der Waals surface area contributed by atoms with Gasteiger partial charge in [-0.2, -0.15) is 5.26 Å². The largest absolute Gasteiger partial charge is 0.496 e. The summed E-state index contributed by atoms with van der Waals surface area (Å²) in [6, 6.07) is 10.8. The van der Waals surface area contributed by atoms with Crippen molar-refractivity contribution in [3.63, 3.8) is 0 Å². The Hall–Kier alpha value is -2.58. The van der Waals surface area contributed by atoms with E-state index >= 15 is 0 Å². The van der Waals surface area contributed by atoms with E-state index in [1.165, 1.54) is 19.2 Å². The van der Waals surface area contributed by atoms with Gasteiger partial charge in [-0.25, -0.2) is 4.39 Å². The summed E-state index contributed by atoms with van der Waals surface area (Å²) in [7, 11) is 1.54. The number of hydrogen-bond acceptors (Lipinski definition) is 4. The minimum absolute atomic E-state index is 0.0316. The van der Waals surface area contributed by atoms with Crippen molar-refractivity contribution in [1.29, 1.82) is 5.26 Å². The van der Waals surface area contributed by atoms with E-state index < -0.39 is 5.82 Å². The Balaban J connectivity index is 2.43. The van der Waals surface area contributed by atoms with Crippen molar-refractivity contribution in [2.75, 3.05) is 7.11 Å². The Morgan fingerprint density at radius 2 is 1.90 bits per heavy atom. The first-order valence-electron chi connectivity index (χ1n) is 6.36. The number of nitrogens with zero attached hydrogens (tertiary/aromatic N) is 1. The van der Waals surface area contributed by atoms with Gasteiger partial charge in [0, 0.05) is 6.04 Å². The normalized spacial score (nSPS) is 11.6. The first kappa shape index (κ1) is 14.8. The summed E-state index contributed by atoms with van der Waals surface area (Å²) in [6.45, 7) is 1.79. The SMILES string of the molecule is COc1cccc(Oc2ccc(C#N)cc2F)c1[C@H](C)N. The molecule has 0 aliphatic carbocycles. The maximum Gasteiger partial charge on any atom is 0.167 e. The van der Waals surface area contributed by atoms with Gasteiger partial charge < -0.3 is 15.2 Å². The van der Waals surface area contributed by atoms with Crippen LogP contribution in [0.1, 0.15) is 24.1 Å². The third-order valence-electron chi connectivity index (χ3n) is 2.98. The molecule has 0 saturated heterocycles. The lowest BCUT2D eigenvalue weighted by molar-refractivity contribution is 0.393. The molecule has 0 radical (unpaired) electrons. The summed E-state index contributed by atoms with van der Waals surface area (Å²) >= 11 is 0. The zero-order valence-corrected chi connectivity index (χ0v) is 11.8. The molecule has 5 heteroatoms. The molecule has 0 aliphatic rings. The van der Waals surface area contributed by atoms with E-state index in [1.807, 2.05) is 6.07 Å². The predicted molar refractivity (Wildman–Crippen MR) is 76.8 cm³/mol. The van der Waals surface area contributed by atoms with Gasteiger partial charge >= 0.3 is 0 Å². The van der Waals surface area contributed by atoms with Crippen molar-refractivity contribution in [3.05, 3.63) is 53.3 Å². The predicted octanol–water partition coefficient (Wildman–Crippen LogP) is 3.52. The minimum Gasteiger partial charge on any atom is -0.496 e. The molecule has 108 valence electrons. The summed E-state index contributed by atoms with van der Waals surface area (Å²) < 4.78 is 24.8. The second-order valence-electron chi connectivity index (χ2n) is 4.52. The van der Waals surface area contributed by atoms with Crippen molar-refractivity contribution in [1.82, 2.24) is 0 Å². The fourth-order valence-corrected chi connectivity index (χ4v) is 2.01. The van der Waals surface area contributed by atoms with Crippen LogP contribution >= 0.6 is 0 Å². The van der Waals surface area contributed by atoms with Crippen molar-refractivity contribution < 1.29 is 13.9 Å². The summed E-state index contributed by atoms with van der Waals surface area (Å²) in [5, 5.41) is 8.74. The van der Waals surface area contributed by atoms with Crippen molar-refractivity contribution in [2.45, 2.75) is 13.0 Å². The monoisotopic (exact) mass is 286 g/mol. The molecule has 0 spiro atoms. The van der Waals surface area contributed by atoms with Crippen LogP contribution in [0.5, 0.6) is 17.2 Å². The molecule has 0 amide bonds. The summed E-state index contributed by atoms with van der Waals surface area (Å²) in [4.78, 5) is 0. The minimum atomic E-state index is -0.604. The molecule has 0 bridgehead atoms. The van der Waals surface area contributed by atoms with Gasteiger partial charge in [0.05, 0.1) is 24.3 Å². The number of nitriles is 1. The Morgan fingerprint density at radius 1 is 1.19 bits per heavy atom. The molecule has 0 aromatic heterocycles. The van der Waals surface area contributed by atoms with Crippen molar-refractivity contribution >= 4 is 0 Å². The van der Waals surface area contributed by atoms with Gasteiger partial charge in [-0.3, -0.25) is 0 Å². The molecule has 2 aromatic rings. The summed E-state index contributed by atoms with van der Waals surface area (Å²) in [5.41, 5.74) is 6.82. The lowest BCUT2D eigenvalue weighted by Crippen LogP contribution is -2.09. The van der Waals surface area contributed by atoms with Gasteiger partial charge in [-0.15, -0.1) is 0 Å². The van der Waals surface area contributed by atoms with Crippen molar-refractivity contribution in [2.24, 2.45) is 5.73 Å². The van der Waals surface area contributed by atoms with Crippen LogP contribution in [0.3, 0.4) is 0 Å². The van der Waals surface area contributed by atoms with Crippen LogP contribution in [-0.4, -0.2) is 7.11 Å². The Morgan fingerprint density at radius 3 is 2.48 bits per heavy atom. The van der Waals surface area contributed by atoms with Crippen LogP contribution in [0.25, 0.3) is 0 Å². The second kappa shape index (κ2) is 6.25. The smallest absolute Gasteiger partial charge is 0.167 e. The van der Waals surface area contributed by atoms with Crippen LogP contribution in [-0.2, 0) is 0 Å². The molecule has 21 heavy (non-hydrogen) atoms. The fourth-order valence-electron chi connectivity index (χ4n) is 2.01. The van der Waals surface area contributed by atoms with E-state index in [0.717, 1.165) is 6.07 Å². The molecular formula is C16H15FN2O2. The maximum absolute atomic E-state index is 13.9. The number of ether oxygens (including phenoxy) is 2. The van der Waals surface area contributed by atoms with E-state index in [0.29, 0.717) is 17.1 Å². The summed E-state index contributed by atoms with van der Waals surface area (Å²) in [5.74, 6) is 0.432. The van der Waals surface area contributed by atoms with Crippen molar-refractivity contribution in [3.8, 4) is 23.3 Å². The van der Waals surface area contributed by atoms with Gasteiger partial charge in [0.25, 0.3) is 0 Å². The molecule has 1 atom stereocenters. The average molecular weight is 286 g/mol. The molecule has 2 rings (SSSR count). The number of halogens is 1. The van der Waals surface area contributed by atoms with Gasteiger partial charge in [0.15, 0.2) is 11.6 Å². The van der Waals surface area contributed by atoms with E-state index in [1.54, 1.807) is 25.1 Å². The molecule has 0 fully saturated rings. The first-order chi connectivity index (χ1) is 10.1. The lowest BCUT2D eigenvalue weighted by Gasteiger charge is -2.17. The quantitative estimate of drug-likeness (QED) is 0.933. The molecular weight excluding hydrogens is 271 g/mol. The van der Waals surface area contributed by atoms with Crippen LogP contribution in [0.15, 0.2) is 36.4 Å². The lowest BCUT2D eigenvalue weighted by atomic mass is 10.1. The Kier molecular flexibility index (Phi) is 4.41. The van der Waals surface area contributed by atoms with Crippen LogP contribution in [0.4, 0.5) is 4.39 Å². The highest BCUT2D eigenvalue weighted by Crippen LogP contribution is 2.36. The van der Waals surface area contributed by atoms with Crippen LogP contribution in [0.2, 0.25) is 0 Å². The zero-order chi connectivity index (χ0) is 15.4. The number of methoxy groups -OCH3 is 1. The van der Waals surface area contributed by atoms with E-state index in [-0.39, 0.29) is 17.4 Å². The number of rotatable bonds is 4. The number of hydrogen-bond donors (Lipinski definition) is 1. The van der Waals surface area contributed by atoms with E-state index in [2.05, 4.69) is 0 Å². The summed E-state index contributed by atoms with van der Waals surface area (Å²) in [6.07, 6.45) is 0. The highest BCUT2D eigenvalue weighted by molar-refractivity contribution is 5.49. The van der Waals surface area contributed by atoms with E-state index in [9.17, 15) is 4.39 Å². The molecule has 2 N–H and O–H groups in total. The van der Waals surface area contributed by atoms with Crippen LogP contribution in [0, 0.1) is 17.1 Å². The Labute approximate surface area is 122 Å². The topological polar surface area (TPSA) is 68.3 Å². The van der Waals surface area contributed by atoms with Gasteiger partial charge in [-0.1, -0.05) is 6.07 Å². The molecule has 4 nitrogen and oxygen atoms in total. The van der Waals surface area contributed by atoms with Crippen LogP contribution < -0.4 is 15.2 Å². The standard InChI is InChI=1S/C16H15FN2O2/c1-10(19)16-14(20-2)4-3-5-15(16)21-13-7-6-11(9-18)8-12(13)17/h3-8,10H,19H2,1-2H3/t10-/m0/s1. The molecule has 0 unspecified atom stereocenters. The highest BCUT2D eigenvalue weighted by atomic mass is 19.1. The Bertz CT molecular complexity index is 693. The van der Waals surface area contributed by atoms with Gasteiger partial charge in [0.1, 0.15) is 11.5 Å². The maximum atomic E-state index is 13.9.